The van der Waals surface area contributed by atoms with Gasteiger partial charge in [-0.15, -0.1) is 0 Å². The van der Waals surface area contributed by atoms with Crippen molar-refractivity contribution in [2.75, 3.05) is 0 Å². The molecule has 3 nitrogen and oxygen atoms in total. The van der Waals surface area contributed by atoms with Gasteiger partial charge in [-0.2, -0.15) is 0 Å². The molecule has 0 spiro atoms. The lowest BCUT2D eigenvalue weighted by atomic mass is 10.1. The molecular formula is C14H17F2N3. The van der Waals surface area contributed by atoms with Gasteiger partial charge in [0.05, 0.1) is 6.04 Å². The maximum atomic E-state index is 12.4. The lowest BCUT2D eigenvalue weighted by Gasteiger charge is -2.14. The summed E-state index contributed by atoms with van der Waals surface area (Å²) in [4.78, 5) is 7.30. The van der Waals surface area contributed by atoms with Crippen LogP contribution in [0.3, 0.4) is 0 Å². The Morgan fingerprint density at radius 1 is 1.26 bits per heavy atom. The van der Waals surface area contributed by atoms with Gasteiger partial charge in [-0.05, 0) is 12.0 Å². The highest BCUT2D eigenvalue weighted by atomic mass is 19.3. The minimum Gasteiger partial charge on any atom is -0.347 e. The molecule has 0 amide bonds. The SMILES string of the molecule is CCC(NCc1ccc(C(F)F)cc1)c1ncc[nH]1. The Hall–Kier alpha value is -1.75. The minimum absolute atomic E-state index is 0.0572. The first-order valence-corrected chi connectivity index (χ1v) is 6.30. The van der Waals surface area contributed by atoms with Crippen LogP contribution in [0.5, 0.6) is 0 Å². The smallest absolute Gasteiger partial charge is 0.263 e. The highest BCUT2D eigenvalue weighted by Gasteiger charge is 2.11. The van der Waals surface area contributed by atoms with Crippen LogP contribution in [-0.4, -0.2) is 9.97 Å². The molecule has 19 heavy (non-hydrogen) atoms. The minimum atomic E-state index is -2.41. The molecule has 5 heteroatoms. The summed E-state index contributed by atoms with van der Waals surface area (Å²) in [5.41, 5.74) is 1.04. The molecule has 1 heterocycles. The van der Waals surface area contributed by atoms with Gasteiger partial charge in [0.25, 0.3) is 6.43 Å². The Labute approximate surface area is 111 Å². The quantitative estimate of drug-likeness (QED) is 0.838. The van der Waals surface area contributed by atoms with Crippen LogP contribution in [0.25, 0.3) is 0 Å². The summed E-state index contributed by atoms with van der Waals surface area (Å²) < 4.78 is 24.9. The zero-order valence-corrected chi connectivity index (χ0v) is 10.7. The van der Waals surface area contributed by atoms with E-state index in [9.17, 15) is 8.78 Å². The largest absolute Gasteiger partial charge is 0.347 e. The predicted octanol–water partition coefficient (Wildman–Crippen LogP) is 3.59. The lowest BCUT2D eigenvalue weighted by molar-refractivity contribution is 0.151. The number of alkyl halides is 2. The molecule has 0 aliphatic heterocycles. The molecule has 1 aromatic heterocycles. The van der Waals surface area contributed by atoms with Crippen molar-refractivity contribution >= 4 is 0 Å². The first kappa shape index (κ1) is 13.7. The van der Waals surface area contributed by atoms with Gasteiger partial charge in [0.15, 0.2) is 0 Å². The van der Waals surface area contributed by atoms with E-state index in [0.717, 1.165) is 17.8 Å². The van der Waals surface area contributed by atoms with Gasteiger partial charge >= 0.3 is 0 Å². The molecule has 2 N–H and O–H groups in total. The van der Waals surface area contributed by atoms with Gasteiger partial charge in [-0.3, -0.25) is 0 Å². The van der Waals surface area contributed by atoms with E-state index in [0.29, 0.717) is 6.54 Å². The van der Waals surface area contributed by atoms with Gasteiger partial charge < -0.3 is 10.3 Å². The maximum absolute atomic E-state index is 12.4. The highest BCUT2D eigenvalue weighted by molar-refractivity contribution is 5.23. The standard InChI is InChI=1S/C14H17F2N3/c1-2-12(14-17-7-8-18-14)19-9-10-3-5-11(6-4-10)13(15)16/h3-8,12-13,19H,2,9H2,1H3,(H,17,18). The number of imidazole rings is 1. The molecule has 1 unspecified atom stereocenters. The second kappa shape index (κ2) is 6.43. The fourth-order valence-electron chi connectivity index (χ4n) is 1.92. The molecule has 0 fully saturated rings. The third-order valence-corrected chi connectivity index (χ3v) is 3.04. The number of H-pyrrole nitrogens is 1. The normalized spacial score (nSPS) is 12.8. The van der Waals surface area contributed by atoms with Crippen LogP contribution in [0, 0.1) is 0 Å². The molecule has 2 aromatic rings. The first-order chi connectivity index (χ1) is 9.20. The van der Waals surface area contributed by atoms with Crippen LogP contribution in [-0.2, 0) is 6.54 Å². The molecule has 2 rings (SSSR count). The van der Waals surface area contributed by atoms with E-state index < -0.39 is 6.43 Å². The summed E-state index contributed by atoms with van der Waals surface area (Å²) >= 11 is 0. The number of aromatic nitrogens is 2. The molecule has 1 aromatic carbocycles. The van der Waals surface area contributed by atoms with Gasteiger partial charge in [-0.1, -0.05) is 31.2 Å². The van der Waals surface area contributed by atoms with E-state index in [4.69, 9.17) is 0 Å². The zero-order chi connectivity index (χ0) is 13.7. The molecule has 0 aliphatic rings. The summed E-state index contributed by atoms with van der Waals surface area (Å²) in [6, 6.07) is 6.53. The van der Waals surface area contributed by atoms with Crippen LogP contribution in [0.1, 0.15) is 42.8 Å². The van der Waals surface area contributed by atoms with Crippen LogP contribution in [0.2, 0.25) is 0 Å². The second-order valence-corrected chi connectivity index (χ2v) is 4.36. The summed E-state index contributed by atoms with van der Waals surface area (Å²) in [6.45, 7) is 2.70. The van der Waals surface area contributed by atoms with Crippen molar-refractivity contribution in [3.05, 3.63) is 53.6 Å². The lowest BCUT2D eigenvalue weighted by Crippen LogP contribution is -2.21. The zero-order valence-electron chi connectivity index (χ0n) is 10.7. The van der Waals surface area contributed by atoms with E-state index in [1.807, 2.05) is 0 Å². The number of nitrogens with one attached hydrogen (secondary N) is 2. The molecular weight excluding hydrogens is 248 g/mol. The maximum Gasteiger partial charge on any atom is 0.263 e. The average molecular weight is 265 g/mol. The Bertz CT molecular complexity index is 480. The number of hydrogen-bond acceptors (Lipinski definition) is 2. The monoisotopic (exact) mass is 265 g/mol. The Balaban J connectivity index is 1.94. The van der Waals surface area contributed by atoms with Crippen molar-refractivity contribution in [1.82, 2.24) is 15.3 Å². The number of aromatic amines is 1. The third-order valence-electron chi connectivity index (χ3n) is 3.04. The van der Waals surface area contributed by atoms with Gasteiger partial charge in [0.1, 0.15) is 5.82 Å². The number of rotatable bonds is 6. The number of halogens is 2. The van der Waals surface area contributed by atoms with Crippen molar-refractivity contribution in [1.29, 1.82) is 0 Å². The van der Waals surface area contributed by atoms with E-state index in [1.54, 1.807) is 24.5 Å². The molecule has 0 saturated heterocycles. The summed E-state index contributed by atoms with van der Waals surface area (Å²) in [7, 11) is 0. The Kier molecular flexibility index (Phi) is 4.63. The number of nitrogens with zero attached hydrogens (tertiary/aromatic N) is 1. The van der Waals surface area contributed by atoms with Crippen LogP contribution in [0.15, 0.2) is 36.7 Å². The van der Waals surface area contributed by atoms with Gasteiger partial charge in [0.2, 0.25) is 0 Å². The molecule has 1 atom stereocenters. The van der Waals surface area contributed by atoms with Gasteiger partial charge in [0, 0.05) is 24.5 Å². The van der Waals surface area contributed by atoms with Crippen LogP contribution in [0.4, 0.5) is 8.78 Å². The molecule has 0 aliphatic carbocycles. The fraction of sp³-hybridized carbons (Fsp3) is 0.357. The third kappa shape index (κ3) is 3.61. The Morgan fingerprint density at radius 2 is 2.00 bits per heavy atom. The van der Waals surface area contributed by atoms with Crippen LogP contribution >= 0.6 is 0 Å². The second-order valence-electron chi connectivity index (χ2n) is 4.36. The predicted molar refractivity (Wildman–Crippen MR) is 69.9 cm³/mol. The molecule has 0 bridgehead atoms. The van der Waals surface area contributed by atoms with E-state index in [-0.39, 0.29) is 11.6 Å². The molecule has 0 saturated carbocycles. The summed E-state index contributed by atoms with van der Waals surface area (Å²) in [5.74, 6) is 0.895. The average Bonchev–Trinajstić information content (AvgIpc) is 2.94. The van der Waals surface area contributed by atoms with Crippen molar-refractivity contribution < 1.29 is 8.78 Å². The highest BCUT2D eigenvalue weighted by Crippen LogP contribution is 2.19. The Morgan fingerprint density at radius 3 is 2.53 bits per heavy atom. The topological polar surface area (TPSA) is 40.7 Å². The van der Waals surface area contributed by atoms with Crippen LogP contribution < -0.4 is 5.32 Å². The number of benzene rings is 1. The van der Waals surface area contributed by atoms with Crippen molar-refractivity contribution in [2.45, 2.75) is 32.4 Å². The van der Waals surface area contributed by atoms with Gasteiger partial charge in [-0.25, -0.2) is 13.8 Å². The van der Waals surface area contributed by atoms with Crippen molar-refractivity contribution in [2.24, 2.45) is 0 Å². The van der Waals surface area contributed by atoms with Crippen molar-refractivity contribution in [3.63, 3.8) is 0 Å². The molecule has 0 radical (unpaired) electrons. The number of hydrogen-bond donors (Lipinski definition) is 2. The molecule has 102 valence electrons. The van der Waals surface area contributed by atoms with E-state index in [2.05, 4.69) is 22.2 Å². The van der Waals surface area contributed by atoms with E-state index in [1.165, 1.54) is 12.1 Å². The van der Waals surface area contributed by atoms with Crippen molar-refractivity contribution in [3.8, 4) is 0 Å². The van der Waals surface area contributed by atoms with E-state index >= 15 is 0 Å². The summed E-state index contributed by atoms with van der Waals surface area (Å²) in [6.07, 6.45) is 2.00. The fourth-order valence-corrected chi connectivity index (χ4v) is 1.92. The first-order valence-electron chi connectivity index (χ1n) is 6.30. The summed E-state index contributed by atoms with van der Waals surface area (Å²) in [5, 5.41) is 3.36.